The normalized spacial score (nSPS) is 11.7. The number of rotatable bonds is 2. The number of aromatic amines is 1. The molecule has 0 saturated heterocycles. The van der Waals surface area contributed by atoms with Crippen molar-refractivity contribution in [1.29, 1.82) is 0 Å². The topological polar surface area (TPSA) is 55.0 Å². The number of nitrogens with zero attached hydrogens (tertiary/aromatic N) is 1. The molecule has 4 nitrogen and oxygen atoms in total. The zero-order valence-corrected chi connectivity index (χ0v) is 7.71. The Morgan fingerprint density at radius 3 is 2.75 bits per heavy atom. The summed E-state index contributed by atoms with van der Waals surface area (Å²) < 4.78 is 39.4. The van der Waals surface area contributed by atoms with E-state index in [1.54, 1.807) is 0 Å². The number of carbonyl (C=O) groups is 1. The van der Waals surface area contributed by atoms with Gasteiger partial charge < -0.3 is 4.74 Å². The minimum atomic E-state index is -4.74. The van der Waals surface area contributed by atoms with E-state index >= 15 is 0 Å². The van der Waals surface area contributed by atoms with Crippen LogP contribution in [0.1, 0.15) is 10.5 Å². The van der Waals surface area contributed by atoms with E-state index in [1.165, 1.54) is 6.07 Å². The summed E-state index contributed by atoms with van der Waals surface area (Å²) in [5.41, 5.74) is 0.456. The van der Waals surface area contributed by atoms with Crippen LogP contribution in [0, 0.1) is 0 Å². The third-order valence-corrected chi connectivity index (χ3v) is 1.91. The molecule has 0 aliphatic heterocycles. The molecular weight excluding hydrogens is 225 g/mol. The van der Waals surface area contributed by atoms with Crippen LogP contribution >= 0.6 is 0 Å². The molecule has 1 aromatic heterocycles. The van der Waals surface area contributed by atoms with Crippen LogP contribution in [0.3, 0.4) is 0 Å². The molecule has 0 amide bonds. The van der Waals surface area contributed by atoms with E-state index in [9.17, 15) is 18.0 Å². The predicted octanol–water partition coefficient (Wildman–Crippen LogP) is 2.27. The summed E-state index contributed by atoms with van der Waals surface area (Å²) in [6.07, 6.45) is -4.20. The Hall–Kier alpha value is -2.05. The van der Waals surface area contributed by atoms with Gasteiger partial charge in [-0.05, 0) is 12.1 Å². The van der Waals surface area contributed by atoms with Gasteiger partial charge in [-0.25, -0.2) is 0 Å². The number of aldehydes is 1. The highest BCUT2D eigenvalue weighted by Crippen LogP contribution is 2.26. The van der Waals surface area contributed by atoms with Gasteiger partial charge in [0.25, 0.3) is 0 Å². The summed E-state index contributed by atoms with van der Waals surface area (Å²) in [7, 11) is 0. The first-order valence-electron chi connectivity index (χ1n) is 4.18. The van der Waals surface area contributed by atoms with E-state index < -0.39 is 6.36 Å². The van der Waals surface area contributed by atoms with Crippen molar-refractivity contribution in [3.8, 4) is 5.75 Å². The molecule has 0 unspecified atom stereocenters. The Morgan fingerprint density at radius 1 is 1.38 bits per heavy atom. The Bertz CT molecular complexity index is 533. The van der Waals surface area contributed by atoms with Crippen molar-refractivity contribution in [2.24, 2.45) is 0 Å². The maximum absolute atomic E-state index is 11.9. The lowest BCUT2D eigenvalue weighted by Crippen LogP contribution is -2.16. The van der Waals surface area contributed by atoms with Crippen molar-refractivity contribution in [3.63, 3.8) is 0 Å². The number of ether oxygens (including phenoxy) is 1. The molecule has 0 bridgehead atoms. The van der Waals surface area contributed by atoms with Crippen LogP contribution in [-0.2, 0) is 0 Å². The third-order valence-electron chi connectivity index (χ3n) is 1.91. The highest BCUT2D eigenvalue weighted by Gasteiger charge is 2.31. The zero-order chi connectivity index (χ0) is 11.8. The van der Waals surface area contributed by atoms with Crippen molar-refractivity contribution in [2.45, 2.75) is 6.36 Å². The smallest absolute Gasteiger partial charge is 0.406 e. The number of benzene rings is 1. The largest absolute Gasteiger partial charge is 0.573 e. The molecule has 7 heteroatoms. The lowest BCUT2D eigenvalue weighted by Gasteiger charge is -2.07. The fourth-order valence-corrected chi connectivity index (χ4v) is 1.30. The van der Waals surface area contributed by atoms with Crippen LogP contribution < -0.4 is 4.74 Å². The van der Waals surface area contributed by atoms with E-state index in [4.69, 9.17) is 0 Å². The van der Waals surface area contributed by atoms with Gasteiger partial charge >= 0.3 is 6.36 Å². The van der Waals surface area contributed by atoms with Crippen LogP contribution in [0.15, 0.2) is 18.2 Å². The molecule has 0 aliphatic carbocycles. The number of nitrogens with one attached hydrogen (secondary N) is 1. The minimum absolute atomic E-state index is 0.216. The fraction of sp³-hybridized carbons (Fsp3) is 0.111. The first-order chi connectivity index (χ1) is 7.49. The second kappa shape index (κ2) is 3.51. The fourth-order valence-electron chi connectivity index (χ4n) is 1.30. The Morgan fingerprint density at radius 2 is 2.12 bits per heavy atom. The van der Waals surface area contributed by atoms with Gasteiger partial charge in [-0.15, -0.1) is 13.2 Å². The van der Waals surface area contributed by atoms with E-state index in [0.717, 1.165) is 12.1 Å². The van der Waals surface area contributed by atoms with E-state index in [2.05, 4.69) is 14.9 Å². The average molecular weight is 230 g/mol. The van der Waals surface area contributed by atoms with Crippen molar-refractivity contribution in [2.75, 3.05) is 0 Å². The molecule has 2 aromatic rings. The maximum atomic E-state index is 11.9. The first-order valence-corrected chi connectivity index (χ1v) is 4.18. The van der Waals surface area contributed by atoms with Gasteiger partial charge in [-0.1, -0.05) is 0 Å². The van der Waals surface area contributed by atoms with Crippen LogP contribution in [0.4, 0.5) is 13.2 Å². The average Bonchev–Trinajstić information content (AvgIpc) is 2.57. The SMILES string of the molecule is O=Cc1[nH]nc2cc(OC(F)(F)F)ccc12. The molecule has 84 valence electrons. The van der Waals surface area contributed by atoms with Gasteiger partial charge in [0.1, 0.15) is 11.4 Å². The van der Waals surface area contributed by atoms with Gasteiger partial charge in [-0.3, -0.25) is 9.89 Å². The van der Waals surface area contributed by atoms with Gasteiger partial charge in [0.2, 0.25) is 0 Å². The minimum Gasteiger partial charge on any atom is -0.406 e. The summed E-state index contributed by atoms with van der Waals surface area (Å²) >= 11 is 0. The zero-order valence-electron chi connectivity index (χ0n) is 7.71. The molecular formula is C9H5F3N2O2. The molecule has 0 spiro atoms. The van der Waals surface area contributed by atoms with Gasteiger partial charge in [0, 0.05) is 11.5 Å². The van der Waals surface area contributed by atoms with Crippen molar-refractivity contribution in [3.05, 3.63) is 23.9 Å². The molecule has 0 radical (unpaired) electrons. The van der Waals surface area contributed by atoms with E-state index in [1.807, 2.05) is 0 Å². The maximum Gasteiger partial charge on any atom is 0.573 e. The highest BCUT2D eigenvalue weighted by molar-refractivity contribution is 5.95. The molecule has 1 heterocycles. The third kappa shape index (κ3) is 1.97. The molecule has 0 atom stereocenters. The Balaban J connectivity index is 2.41. The van der Waals surface area contributed by atoms with Crippen molar-refractivity contribution in [1.82, 2.24) is 10.2 Å². The summed E-state index contributed by atoms with van der Waals surface area (Å²) in [6.45, 7) is 0. The van der Waals surface area contributed by atoms with E-state index in [0.29, 0.717) is 11.7 Å². The number of hydrogen-bond donors (Lipinski definition) is 1. The van der Waals surface area contributed by atoms with Crippen LogP contribution in [0.2, 0.25) is 0 Å². The second-order valence-electron chi connectivity index (χ2n) is 2.98. The van der Waals surface area contributed by atoms with Gasteiger partial charge in [-0.2, -0.15) is 5.10 Å². The predicted molar refractivity (Wildman–Crippen MR) is 48.2 cm³/mol. The van der Waals surface area contributed by atoms with Crippen molar-refractivity contribution >= 4 is 17.2 Å². The van der Waals surface area contributed by atoms with Gasteiger partial charge in [0.15, 0.2) is 6.29 Å². The van der Waals surface area contributed by atoms with Crippen LogP contribution in [0.5, 0.6) is 5.75 Å². The lowest BCUT2D eigenvalue weighted by molar-refractivity contribution is -0.274. The summed E-state index contributed by atoms with van der Waals surface area (Å²) in [6, 6.07) is 3.56. The first kappa shape index (κ1) is 10.5. The number of hydrogen-bond acceptors (Lipinski definition) is 3. The number of H-pyrrole nitrogens is 1. The molecule has 0 saturated carbocycles. The standard InChI is InChI=1S/C9H5F3N2O2/c10-9(11,12)16-5-1-2-6-7(3-5)13-14-8(6)4-15/h1-4H,(H,13,14). The number of aromatic nitrogens is 2. The Kier molecular flexibility index (Phi) is 2.30. The quantitative estimate of drug-likeness (QED) is 0.805. The Labute approximate surface area is 87.0 Å². The van der Waals surface area contributed by atoms with Crippen LogP contribution in [-0.4, -0.2) is 22.8 Å². The molecule has 2 rings (SSSR count). The highest BCUT2D eigenvalue weighted by atomic mass is 19.4. The lowest BCUT2D eigenvalue weighted by atomic mass is 10.2. The number of halogens is 3. The summed E-state index contributed by atoms with van der Waals surface area (Å²) in [4.78, 5) is 10.5. The number of carbonyl (C=O) groups excluding carboxylic acids is 1. The summed E-state index contributed by atoms with van der Waals surface area (Å²) in [5.74, 6) is -0.371. The summed E-state index contributed by atoms with van der Waals surface area (Å²) in [5, 5.41) is 6.52. The number of alkyl halides is 3. The second-order valence-corrected chi connectivity index (χ2v) is 2.98. The van der Waals surface area contributed by atoms with Crippen LogP contribution in [0.25, 0.3) is 10.9 Å². The molecule has 0 fully saturated rings. The molecule has 1 aromatic carbocycles. The van der Waals surface area contributed by atoms with E-state index in [-0.39, 0.29) is 17.0 Å². The number of fused-ring (bicyclic) bond motifs is 1. The molecule has 16 heavy (non-hydrogen) atoms. The molecule has 0 aliphatic rings. The monoisotopic (exact) mass is 230 g/mol. The van der Waals surface area contributed by atoms with Gasteiger partial charge in [0.05, 0.1) is 5.52 Å². The molecule has 1 N–H and O–H groups in total. The van der Waals surface area contributed by atoms with Crippen molar-refractivity contribution < 1.29 is 22.7 Å².